The second-order valence-corrected chi connectivity index (χ2v) is 9.10. The molecule has 35 heavy (non-hydrogen) atoms. The average Bonchev–Trinajstić information content (AvgIpc) is 3.16. The number of carbonyl (C=O) groups is 1. The van der Waals surface area contributed by atoms with Crippen LogP contribution in [0.2, 0.25) is 0 Å². The highest BCUT2D eigenvalue weighted by Crippen LogP contribution is 2.37. The van der Waals surface area contributed by atoms with Gasteiger partial charge in [-0.05, 0) is 48.4 Å². The number of hydrogen-bond acceptors (Lipinski definition) is 5. The molecule has 188 valence electrons. The largest absolute Gasteiger partial charge is 0.490 e. The molecule has 9 heteroatoms. The van der Waals surface area contributed by atoms with Gasteiger partial charge in [-0.2, -0.15) is 18.3 Å². The van der Waals surface area contributed by atoms with E-state index in [4.69, 9.17) is 4.74 Å². The maximum absolute atomic E-state index is 13.4. The Balaban J connectivity index is 1.40. The smallest absolute Gasteiger partial charge is 0.431 e. The van der Waals surface area contributed by atoms with E-state index in [1.807, 2.05) is 0 Å². The number of aryl methyl sites for hydroxylation is 1. The Hall–Kier alpha value is -3.23. The summed E-state index contributed by atoms with van der Waals surface area (Å²) in [6.45, 7) is 5.27. The number of alkyl halides is 3. The van der Waals surface area contributed by atoms with Crippen LogP contribution < -0.4 is 14.6 Å². The molecule has 0 radical (unpaired) electrons. The molecule has 2 aromatic carbocycles. The fourth-order valence-electron chi connectivity index (χ4n) is 4.76. The van der Waals surface area contributed by atoms with Crippen molar-refractivity contribution in [3.05, 3.63) is 54.1 Å². The predicted octanol–water partition coefficient (Wildman–Crippen LogP) is 5.51. The summed E-state index contributed by atoms with van der Waals surface area (Å²) in [5.74, 6) is -1.59. The summed E-state index contributed by atoms with van der Waals surface area (Å²) in [7, 11) is 0. The van der Waals surface area contributed by atoms with E-state index in [9.17, 15) is 23.1 Å². The van der Waals surface area contributed by atoms with Crippen molar-refractivity contribution >= 4 is 23.1 Å². The number of anilines is 2. The highest BCUT2D eigenvalue weighted by atomic mass is 19.4. The van der Waals surface area contributed by atoms with Crippen molar-refractivity contribution in [1.29, 1.82) is 0 Å². The van der Waals surface area contributed by atoms with E-state index in [0.717, 1.165) is 32.4 Å². The highest BCUT2D eigenvalue weighted by molar-refractivity contribution is 5.95. The van der Waals surface area contributed by atoms with Gasteiger partial charge in [0.15, 0.2) is 0 Å². The lowest BCUT2D eigenvalue weighted by Crippen LogP contribution is -2.38. The molecule has 2 aliphatic rings. The van der Waals surface area contributed by atoms with Crippen LogP contribution in [0.4, 0.5) is 24.5 Å². The molecule has 2 heterocycles. The Morgan fingerprint density at radius 2 is 1.80 bits per heavy atom. The number of aliphatic carboxylic acids is 1. The summed E-state index contributed by atoms with van der Waals surface area (Å²) in [6.07, 6.45) is -2.28. The van der Waals surface area contributed by atoms with Crippen molar-refractivity contribution in [3.63, 3.8) is 0 Å². The van der Waals surface area contributed by atoms with Crippen molar-refractivity contribution in [2.75, 3.05) is 23.0 Å². The number of hydrogen-bond donors (Lipinski definition) is 1. The Labute approximate surface area is 203 Å². The van der Waals surface area contributed by atoms with Gasteiger partial charge in [0, 0.05) is 37.5 Å². The molecular weight excluding hydrogens is 459 g/mol. The first-order valence-electron chi connectivity index (χ1n) is 11.9. The number of hydrazone groups is 1. The Bertz CT molecular complexity index is 1060. The topological polar surface area (TPSA) is 65.4 Å². The van der Waals surface area contributed by atoms with Gasteiger partial charge in [-0.3, -0.25) is 9.80 Å². The van der Waals surface area contributed by atoms with E-state index in [-0.39, 0.29) is 6.10 Å². The molecular formula is C26H30F3N3O3. The highest BCUT2D eigenvalue weighted by Gasteiger charge is 2.48. The Kier molecular flexibility index (Phi) is 7.23. The Morgan fingerprint density at radius 1 is 1.11 bits per heavy atom. The minimum atomic E-state index is -4.61. The van der Waals surface area contributed by atoms with Crippen LogP contribution in [0.25, 0.3) is 0 Å². The first kappa shape index (κ1) is 24.9. The molecule has 4 rings (SSSR count). The minimum absolute atomic E-state index is 0.0490. The van der Waals surface area contributed by atoms with Crippen LogP contribution in [0, 0.1) is 5.92 Å². The molecule has 2 aliphatic heterocycles. The number of carboxylic acid groups (broad SMARTS) is 1. The molecule has 0 bridgehead atoms. The standard InChI is InChI=1S/C26H30F3N3O3/c1-3-18-5-4-6-20(15-18)31-13-11-22(12-14-31)35-21-9-7-19(8-10-21)32-23(16-24(33)34)17(2)25(30-32)26(27,28)29/h4-10,15,17,22-23H,3,11-14,16H2,1-2H3,(H,33,34)/t17-,23-/m0/s1. The van der Waals surface area contributed by atoms with Gasteiger partial charge < -0.3 is 14.7 Å². The van der Waals surface area contributed by atoms with E-state index < -0.39 is 36.2 Å². The van der Waals surface area contributed by atoms with Crippen LogP contribution in [0.15, 0.2) is 53.6 Å². The van der Waals surface area contributed by atoms with Gasteiger partial charge in [-0.15, -0.1) is 0 Å². The van der Waals surface area contributed by atoms with Crippen molar-refractivity contribution in [2.45, 2.75) is 57.9 Å². The molecule has 6 nitrogen and oxygen atoms in total. The molecule has 0 amide bonds. The zero-order valence-corrected chi connectivity index (χ0v) is 19.8. The van der Waals surface area contributed by atoms with Gasteiger partial charge in [0.25, 0.3) is 0 Å². The number of rotatable bonds is 7. The maximum Gasteiger partial charge on any atom is 0.431 e. The number of piperidine rings is 1. The fraction of sp³-hybridized carbons (Fsp3) is 0.462. The lowest BCUT2D eigenvalue weighted by Gasteiger charge is -2.34. The van der Waals surface area contributed by atoms with Crippen molar-refractivity contribution in [1.82, 2.24) is 0 Å². The second-order valence-electron chi connectivity index (χ2n) is 9.10. The Morgan fingerprint density at radius 3 is 2.40 bits per heavy atom. The fourth-order valence-corrected chi connectivity index (χ4v) is 4.76. The lowest BCUT2D eigenvalue weighted by molar-refractivity contribution is -0.137. The number of carboxylic acids is 1. The summed E-state index contributed by atoms with van der Waals surface area (Å²) >= 11 is 0. The predicted molar refractivity (Wildman–Crippen MR) is 129 cm³/mol. The lowest BCUT2D eigenvalue weighted by atomic mass is 9.94. The first-order valence-corrected chi connectivity index (χ1v) is 11.9. The molecule has 1 saturated heterocycles. The van der Waals surface area contributed by atoms with Gasteiger partial charge >= 0.3 is 12.1 Å². The van der Waals surface area contributed by atoms with Crippen LogP contribution >= 0.6 is 0 Å². The number of benzene rings is 2. The number of ether oxygens (including phenoxy) is 1. The SMILES string of the molecule is CCc1cccc(N2CCC(Oc3ccc(N4N=C(C(F)(F)F)[C@@H](C)[C@@H]4CC(=O)O)cc3)CC2)c1. The van der Waals surface area contributed by atoms with E-state index in [0.29, 0.717) is 11.4 Å². The van der Waals surface area contributed by atoms with Crippen LogP contribution in [-0.2, 0) is 11.2 Å². The molecule has 1 fully saturated rings. The molecule has 0 aliphatic carbocycles. The van der Waals surface area contributed by atoms with E-state index >= 15 is 0 Å². The van der Waals surface area contributed by atoms with Gasteiger partial charge in [-0.1, -0.05) is 26.0 Å². The molecule has 0 spiro atoms. The van der Waals surface area contributed by atoms with Crippen molar-refractivity contribution in [2.24, 2.45) is 11.0 Å². The minimum Gasteiger partial charge on any atom is -0.490 e. The summed E-state index contributed by atoms with van der Waals surface area (Å²) in [5, 5.41) is 14.1. The van der Waals surface area contributed by atoms with Gasteiger partial charge in [0.2, 0.25) is 0 Å². The third-order valence-electron chi connectivity index (χ3n) is 6.74. The van der Waals surface area contributed by atoms with Gasteiger partial charge in [0.1, 0.15) is 17.6 Å². The summed E-state index contributed by atoms with van der Waals surface area (Å²) < 4.78 is 46.3. The van der Waals surface area contributed by atoms with E-state index in [1.54, 1.807) is 24.3 Å². The summed E-state index contributed by atoms with van der Waals surface area (Å²) in [4.78, 5) is 13.6. The number of nitrogens with zero attached hydrogens (tertiary/aromatic N) is 3. The molecule has 0 aromatic heterocycles. The zero-order chi connectivity index (χ0) is 25.2. The summed E-state index contributed by atoms with van der Waals surface area (Å²) in [5.41, 5.74) is 1.98. The molecule has 1 N–H and O–H groups in total. The third kappa shape index (κ3) is 5.71. The molecule has 0 saturated carbocycles. The summed E-state index contributed by atoms with van der Waals surface area (Å²) in [6, 6.07) is 14.3. The van der Waals surface area contributed by atoms with Crippen LogP contribution in [0.5, 0.6) is 5.75 Å². The third-order valence-corrected chi connectivity index (χ3v) is 6.74. The molecule has 2 aromatic rings. The van der Waals surface area contributed by atoms with E-state index in [2.05, 4.69) is 41.2 Å². The van der Waals surface area contributed by atoms with Gasteiger partial charge in [0.05, 0.1) is 18.2 Å². The zero-order valence-electron chi connectivity index (χ0n) is 19.8. The van der Waals surface area contributed by atoms with Crippen molar-refractivity contribution in [3.8, 4) is 5.75 Å². The molecule has 0 unspecified atom stereocenters. The number of halogens is 3. The first-order chi connectivity index (χ1) is 16.7. The monoisotopic (exact) mass is 489 g/mol. The van der Waals surface area contributed by atoms with Crippen LogP contribution in [0.1, 0.15) is 38.7 Å². The molecule has 2 atom stereocenters. The van der Waals surface area contributed by atoms with Gasteiger partial charge in [-0.25, -0.2) is 0 Å². The maximum atomic E-state index is 13.4. The average molecular weight is 490 g/mol. The second kappa shape index (κ2) is 10.2. The quantitative estimate of drug-likeness (QED) is 0.555. The van der Waals surface area contributed by atoms with Crippen LogP contribution in [-0.4, -0.2) is 48.2 Å². The van der Waals surface area contributed by atoms with E-state index in [1.165, 1.54) is 23.2 Å². The normalized spacial score (nSPS) is 21.2. The van der Waals surface area contributed by atoms with Crippen LogP contribution in [0.3, 0.4) is 0 Å². The van der Waals surface area contributed by atoms with Crippen molar-refractivity contribution < 1.29 is 27.8 Å².